The number of rotatable bonds is 5. The van der Waals surface area contributed by atoms with E-state index in [4.69, 9.17) is 4.74 Å². The lowest BCUT2D eigenvalue weighted by molar-refractivity contribution is 0.0253. The van der Waals surface area contributed by atoms with Crippen LogP contribution in [-0.2, 0) is 4.74 Å². The van der Waals surface area contributed by atoms with Crippen LogP contribution in [0.1, 0.15) is 69.3 Å². The van der Waals surface area contributed by atoms with Crippen LogP contribution in [0.25, 0.3) is 0 Å². The van der Waals surface area contributed by atoms with Crippen molar-refractivity contribution in [3.05, 3.63) is 35.4 Å². The Labute approximate surface area is 174 Å². The van der Waals surface area contributed by atoms with Crippen LogP contribution >= 0.6 is 0 Å². The standard InChI is InChI=1S/C23H36N2O4/c1-6-24(7-2)21(27)18-10-8-17(9-11-18)20-13-15-25(14-12-19(20)16-26)22(28)29-23(3,4)5/h8-11,19-20,26H,6-7,12-16H2,1-5H3/t19-,20-/m0/s1. The summed E-state index contributed by atoms with van der Waals surface area (Å²) < 4.78 is 5.51. The Morgan fingerprint density at radius 1 is 1.10 bits per heavy atom. The van der Waals surface area contributed by atoms with Gasteiger partial charge in [0.15, 0.2) is 0 Å². The van der Waals surface area contributed by atoms with Crippen LogP contribution in [0.15, 0.2) is 24.3 Å². The van der Waals surface area contributed by atoms with E-state index in [1.807, 2.05) is 58.9 Å². The molecule has 162 valence electrons. The van der Waals surface area contributed by atoms with Gasteiger partial charge < -0.3 is 19.6 Å². The average molecular weight is 405 g/mol. The second-order valence-electron chi connectivity index (χ2n) is 8.69. The molecule has 1 aliphatic rings. The molecule has 1 N–H and O–H groups in total. The molecule has 0 aliphatic carbocycles. The van der Waals surface area contributed by atoms with Crippen LogP contribution in [0.2, 0.25) is 0 Å². The first kappa shape index (κ1) is 23.2. The Kier molecular flexibility index (Phi) is 8.08. The summed E-state index contributed by atoms with van der Waals surface area (Å²) in [6.07, 6.45) is 1.18. The zero-order chi connectivity index (χ0) is 21.6. The molecule has 1 aromatic carbocycles. The summed E-state index contributed by atoms with van der Waals surface area (Å²) in [7, 11) is 0. The van der Waals surface area contributed by atoms with Crippen molar-refractivity contribution in [2.75, 3.05) is 32.8 Å². The molecule has 0 bridgehead atoms. The van der Waals surface area contributed by atoms with Crippen LogP contribution < -0.4 is 0 Å². The molecule has 0 radical (unpaired) electrons. The number of hydrogen-bond donors (Lipinski definition) is 1. The second kappa shape index (κ2) is 10.1. The quantitative estimate of drug-likeness (QED) is 0.808. The van der Waals surface area contributed by atoms with Crippen molar-refractivity contribution in [2.45, 2.75) is 59.0 Å². The molecule has 6 heteroatoms. The lowest BCUT2D eigenvalue weighted by Gasteiger charge is -2.26. The number of aliphatic hydroxyl groups excluding tert-OH is 1. The van der Waals surface area contributed by atoms with Crippen LogP contribution in [0, 0.1) is 5.92 Å². The summed E-state index contributed by atoms with van der Waals surface area (Å²) in [5.41, 5.74) is 1.26. The van der Waals surface area contributed by atoms with Crippen LogP contribution in [-0.4, -0.2) is 65.3 Å². The highest BCUT2D eigenvalue weighted by Gasteiger charge is 2.31. The van der Waals surface area contributed by atoms with Gasteiger partial charge in [-0.05, 0) is 77.0 Å². The largest absolute Gasteiger partial charge is 0.444 e. The minimum atomic E-state index is -0.521. The van der Waals surface area contributed by atoms with Crippen molar-refractivity contribution in [2.24, 2.45) is 5.92 Å². The fourth-order valence-electron chi connectivity index (χ4n) is 3.90. The van der Waals surface area contributed by atoms with Gasteiger partial charge in [-0.3, -0.25) is 4.79 Å². The van der Waals surface area contributed by atoms with Crippen molar-refractivity contribution < 1.29 is 19.4 Å². The topological polar surface area (TPSA) is 70.1 Å². The summed E-state index contributed by atoms with van der Waals surface area (Å²) in [5, 5.41) is 9.94. The summed E-state index contributed by atoms with van der Waals surface area (Å²) >= 11 is 0. The van der Waals surface area contributed by atoms with Gasteiger partial charge in [-0.2, -0.15) is 0 Å². The average Bonchev–Trinajstić information content (AvgIpc) is 2.90. The van der Waals surface area contributed by atoms with Crippen molar-refractivity contribution in [1.29, 1.82) is 0 Å². The van der Waals surface area contributed by atoms with E-state index in [9.17, 15) is 14.7 Å². The van der Waals surface area contributed by atoms with Crippen molar-refractivity contribution in [3.63, 3.8) is 0 Å². The van der Waals surface area contributed by atoms with E-state index in [2.05, 4.69) is 0 Å². The van der Waals surface area contributed by atoms with Gasteiger partial charge in [-0.15, -0.1) is 0 Å². The summed E-state index contributed by atoms with van der Waals surface area (Å²) in [6.45, 7) is 12.2. The lowest BCUT2D eigenvalue weighted by atomic mass is 9.82. The van der Waals surface area contributed by atoms with Gasteiger partial charge in [0.2, 0.25) is 0 Å². The van der Waals surface area contributed by atoms with Gasteiger partial charge in [0.1, 0.15) is 5.60 Å². The van der Waals surface area contributed by atoms with E-state index in [0.29, 0.717) is 31.7 Å². The zero-order valence-corrected chi connectivity index (χ0v) is 18.5. The summed E-state index contributed by atoms with van der Waals surface area (Å²) in [5.74, 6) is 0.258. The van der Waals surface area contributed by atoms with Gasteiger partial charge in [0.25, 0.3) is 5.91 Å². The molecule has 0 spiro atoms. The summed E-state index contributed by atoms with van der Waals surface area (Å²) in [6, 6.07) is 7.74. The van der Waals surface area contributed by atoms with Gasteiger partial charge >= 0.3 is 6.09 Å². The van der Waals surface area contributed by atoms with E-state index in [1.54, 1.807) is 9.80 Å². The van der Waals surface area contributed by atoms with Crippen LogP contribution in [0.4, 0.5) is 4.79 Å². The Morgan fingerprint density at radius 3 is 2.21 bits per heavy atom. The van der Waals surface area contributed by atoms with E-state index in [-0.39, 0.29) is 30.4 Å². The second-order valence-corrected chi connectivity index (χ2v) is 8.69. The number of likely N-dealkylation sites (tertiary alicyclic amines) is 1. The molecule has 2 amide bonds. The third kappa shape index (κ3) is 6.20. The predicted octanol–water partition coefficient (Wildman–Crippen LogP) is 3.89. The molecule has 1 aliphatic heterocycles. The third-order valence-electron chi connectivity index (χ3n) is 5.57. The number of aliphatic hydroxyl groups is 1. The highest BCUT2D eigenvalue weighted by atomic mass is 16.6. The minimum absolute atomic E-state index is 0.0391. The van der Waals surface area contributed by atoms with Gasteiger partial charge in [-0.1, -0.05) is 12.1 Å². The lowest BCUT2D eigenvalue weighted by Crippen LogP contribution is -2.37. The van der Waals surface area contributed by atoms with E-state index < -0.39 is 5.60 Å². The van der Waals surface area contributed by atoms with Gasteiger partial charge in [-0.25, -0.2) is 4.79 Å². The van der Waals surface area contributed by atoms with Crippen LogP contribution in [0.5, 0.6) is 0 Å². The third-order valence-corrected chi connectivity index (χ3v) is 5.57. The Hall–Kier alpha value is -2.08. The van der Waals surface area contributed by atoms with Crippen molar-refractivity contribution >= 4 is 12.0 Å². The number of amides is 2. The molecule has 1 aromatic rings. The number of benzene rings is 1. The molecule has 2 atom stereocenters. The van der Waals surface area contributed by atoms with Crippen molar-refractivity contribution in [3.8, 4) is 0 Å². The highest BCUT2D eigenvalue weighted by Crippen LogP contribution is 2.34. The maximum Gasteiger partial charge on any atom is 0.410 e. The fraction of sp³-hybridized carbons (Fsp3) is 0.652. The molecular weight excluding hydrogens is 368 g/mol. The van der Waals surface area contributed by atoms with E-state index in [1.165, 1.54) is 0 Å². The molecule has 1 fully saturated rings. The maximum atomic E-state index is 12.5. The predicted molar refractivity (Wildman–Crippen MR) is 114 cm³/mol. The number of nitrogens with zero attached hydrogens (tertiary/aromatic N) is 2. The molecule has 0 saturated carbocycles. The number of ether oxygens (including phenoxy) is 1. The smallest absolute Gasteiger partial charge is 0.410 e. The SMILES string of the molecule is CCN(CC)C(=O)c1ccc([C@@H]2CCN(C(=O)OC(C)(C)C)CC[C@H]2CO)cc1. The summed E-state index contributed by atoms with van der Waals surface area (Å²) in [4.78, 5) is 28.5. The Balaban J connectivity index is 2.12. The molecule has 6 nitrogen and oxygen atoms in total. The molecular formula is C23H36N2O4. The first-order chi connectivity index (χ1) is 13.7. The molecule has 1 saturated heterocycles. The van der Waals surface area contributed by atoms with Gasteiger partial charge in [0, 0.05) is 38.3 Å². The van der Waals surface area contributed by atoms with Gasteiger partial charge in [0.05, 0.1) is 0 Å². The molecule has 0 unspecified atom stereocenters. The molecule has 0 aromatic heterocycles. The number of carbonyl (C=O) groups is 2. The fourth-order valence-corrected chi connectivity index (χ4v) is 3.90. The normalized spacial score (nSPS) is 20.1. The van der Waals surface area contributed by atoms with Crippen LogP contribution in [0.3, 0.4) is 0 Å². The Bertz CT molecular complexity index is 677. The number of carbonyl (C=O) groups excluding carboxylic acids is 2. The first-order valence-corrected chi connectivity index (χ1v) is 10.7. The van der Waals surface area contributed by atoms with E-state index >= 15 is 0 Å². The minimum Gasteiger partial charge on any atom is -0.444 e. The van der Waals surface area contributed by atoms with Crippen molar-refractivity contribution in [1.82, 2.24) is 9.80 Å². The van der Waals surface area contributed by atoms with E-state index in [0.717, 1.165) is 18.4 Å². The number of hydrogen-bond acceptors (Lipinski definition) is 4. The monoisotopic (exact) mass is 404 g/mol. The zero-order valence-electron chi connectivity index (χ0n) is 18.5. The molecule has 2 rings (SSSR count). The molecule has 1 heterocycles. The highest BCUT2D eigenvalue weighted by molar-refractivity contribution is 5.94. The maximum absolute atomic E-state index is 12.5. The first-order valence-electron chi connectivity index (χ1n) is 10.7. The molecule has 29 heavy (non-hydrogen) atoms. The Morgan fingerprint density at radius 2 is 1.69 bits per heavy atom.